The quantitative estimate of drug-likeness (QED) is 0.688. The van der Waals surface area contributed by atoms with Crippen molar-refractivity contribution >= 4 is 5.91 Å². The minimum absolute atomic E-state index is 0.0214. The number of hydrogen-bond acceptors (Lipinski definition) is 5. The monoisotopic (exact) mass is 431 g/mol. The molecule has 32 heavy (non-hydrogen) atoms. The summed E-state index contributed by atoms with van der Waals surface area (Å²) in [6, 6.07) is 16.3. The number of aromatic nitrogens is 3. The van der Waals surface area contributed by atoms with E-state index in [1.54, 1.807) is 0 Å². The number of carbonyl (C=O) groups excluding carboxylic acids is 1. The van der Waals surface area contributed by atoms with Crippen molar-refractivity contribution in [3.8, 4) is 0 Å². The Bertz CT molecular complexity index is 1110. The third-order valence-electron chi connectivity index (χ3n) is 6.45. The van der Waals surface area contributed by atoms with Gasteiger partial charge in [0.25, 0.3) is 5.91 Å². The molecule has 1 fully saturated rings. The van der Waals surface area contributed by atoms with Gasteiger partial charge in [0, 0.05) is 31.7 Å². The van der Waals surface area contributed by atoms with Crippen LogP contribution in [0.25, 0.3) is 0 Å². The molecule has 7 nitrogen and oxygen atoms in total. The first-order valence-corrected chi connectivity index (χ1v) is 11.2. The van der Waals surface area contributed by atoms with Gasteiger partial charge in [-0.2, -0.15) is 0 Å². The molecule has 2 atom stereocenters. The largest absolute Gasteiger partial charge is 0.392 e. The van der Waals surface area contributed by atoms with Crippen molar-refractivity contribution in [3.63, 3.8) is 0 Å². The van der Waals surface area contributed by atoms with Gasteiger partial charge >= 0.3 is 0 Å². The van der Waals surface area contributed by atoms with Gasteiger partial charge in [0.1, 0.15) is 0 Å². The van der Waals surface area contributed by atoms with E-state index in [2.05, 4.69) is 37.9 Å². The second-order valence-corrected chi connectivity index (χ2v) is 9.05. The fourth-order valence-corrected chi connectivity index (χ4v) is 5.02. The molecule has 5 rings (SSSR count). The molecule has 0 bridgehead atoms. The SMILES string of the molecule is Cc1cc(C)cc(C(=O)N2CCn3c(nnc3[C@@H]3C[C@H](O)CN3Cc3ccccc3)C2)c1. The van der Waals surface area contributed by atoms with Gasteiger partial charge in [-0.25, -0.2) is 0 Å². The minimum Gasteiger partial charge on any atom is -0.392 e. The Kier molecular flexibility index (Phi) is 5.53. The molecule has 0 spiro atoms. The van der Waals surface area contributed by atoms with Crippen molar-refractivity contribution in [2.24, 2.45) is 0 Å². The molecule has 1 N–H and O–H groups in total. The van der Waals surface area contributed by atoms with Crippen molar-refractivity contribution in [3.05, 3.63) is 82.4 Å². The smallest absolute Gasteiger partial charge is 0.254 e. The van der Waals surface area contributed by atoms with Crippen LogP contribution in [-0.4, -0.2) is 54.8 Å². The van der Waals surface area contributed by atoms with Crippen LogP contribution in [0.1, 0.15) is 51.2 Å². The Hall–Kier alpha value is -3.03. The molecule has 7 heteroatoms. The first kappa shape index (κ1) is 20.8. The molecule has 0 aliphatic carbocycles. The van der Waals surface area contributed by atoms with Crippen LogP contribution in [0.5, 0.6) is 0 Å². The number of fused-ring (bicyclic) bond motifs is 1. The van der Waals surface area contributed by atoms with Crippen molar-refractivity contribution in [2.75, 3.05) is 13.1 Å². The fraction of sp³-hybridized carbons (Fsp3) is 0.400. The zero-order chi connectivity index (χ0) is 22.2. The summed E-state index contributed by atoms with van der Waals surface area (Å²) in [5.41, 5.74) is 4.13. The summed E-state index contributed by atoms with van der Waals surface area (Å²) in [6.45, 7) is 7.16. The molecule has 166 valence electrons. The molecule has 1 aromatic heterocycles. The standard InChI is InChI=1S/C25H29N5O2/c1-17-10-18(2)12-20(11-17)25(32)28-8-9-30-23(16-28)26-27-24(30)22-13-21(31)15-29(22)14-19-6-4-3-5-7-19/h3-7,10-12,21-22,31H,8-9,13-16H2,1-2H3/t21-,22-/m0/s1. The molecule has 0 unspecified atom stereocenters. The van der Waals surface area contributed by atoms with Crippen LogP contribution in [-0.2, 0) is 19.6 Å². The summed E-state index contributed by atoms with van der Waals surface area (Å²) in [5.74, 6) is 1.74. The average Bonchev–Trinajstić information content (AvgIpc) is 3.35. The molecule has 2 aromatic carbocycles. The lowest BCUT2D eigenvalue weighted by Gasteiger charge is -2.30. The van der Waals surface area contributed by atoms with Gasteiger partial charge in [-0.15, -0.1) is 10.2 Å². The van der Waals surface area contributed by atoms with Gasteiger partial charge < -0.3 is 14.6 Å². The lowest BCUT2D eigenvalue weighted by molar-refractivity contribution is 0.0704. The third kappa shape index (κ3) is 4.06. The van der Waals surface area contributed by atoms with Gasteiger partial charge in [-0.05, 0) is 38.0 Å². The van der Waals surface area contributed by atoms with Crippen LogP contribution in [0, 0.1) is 13.8 Å². The van der Waals surface area contributed by atoms with Crippen LogP contribution < -0.4 is 0 Å². The van der Waals surface area contributed by atoms with Gasteiger partial charge in [0.15, 0.2) is 11.6 Å². The number of aryl methyl sites for hydroxylation is 2. The van der Waals surface area contributed by atoms with E-state index in [4.69, 9.17) is 0 Å². The summed E-state index contributed by atoms with van der Waals surface area (Å²) in [4.78, 5) is 17.2. The van der Waals surface area contributed by atoms with Crippen LogP contribution in [0.3, 0.4) is 0 Å². The highest BCUT2D eigenvalue weighted by Crippen LogP contribution is 2.33. The minimum atomic E-state index is -0.372. The average molecular weight is 432 g/mol. The van der Waals surface area contributed by atoms with E-state index in [1.165, 1.54) is 5.56 Å². The second-order valence-electron chi connectivity index (χ2n) is 9.05. The molecule has 0 radical (unpaired) electrons. The van der Waals surface area contributed by atoms with Gasteiger partial charge in [-0.3, -0.25) is 9.69 Å². The van der Waals surface area contributed by atoms with Crippen LogP contribution in [0.2, 0.25) is 0 Å². The van der Waals surface area contributed by atoms with E-state index in [0.717, 1.165) is 34.9 Å². The Labute approximate surface area is 188 Å². The zero-order valence-corrected chi connectivity index (χ0v) is 18.6. The van der Waals surface area contributed by atoms with E-state index in [1.807, 2.05) is 49.1 Å². The summed E-state index contributed by atoms with van der Waals surface area (Å²) in [7, 11) is 0. The molecule has 2 aliphatic heterocycles. The zero-order valence-electron chi connectivity index (χ0n) is 18.6. The van der Waals surface area contributed by atoms with Gasteiger partial charge in [0.05, 0.1) is 18.7 Å². The maximum Gasteiger partial charge on any atom is 0.254 e. The Morgan fingerprint density at radius 3 is 2.56 bits per heavy atom. The lowest BCUT2D eigenvalue weighted by atomic mass is 10.1. The van der Waals surface area contributed by atoms with Gasteiger partial charge in [-0.1, -0.05) is 47.5 Å². The number of aliphatic hydroxyl groups excluding tert-OH is 1. The number of carbonyl (C=O) groups is 1. The predicted octanol–water partition coefficient (Wildman–Crippen LogP) is 2.86. The van der Waals surface area contributed by atoms with Crippen molar-refractivity contribution in [1.82, 2.24) is 24.6 Å². The molecule has 1 saturated heterocycles. The van der Waals surface area contributed by atoms with E-state index in [-0.39, 0.29) is 18.1 Å². The molecule has 2 aliphatic rings. The summed E-state index contributed by atoms with van der Waals surface area (Å²) in [5, 5.41) is 19.3. The number of rotatable bonds is 4. The van der Waals surface area contributed by atoms with E-state index in [0.29, 0.717) is 32.6 Å². The maximum absolute atomic E-state index is 13.1. The highest BCUT2D eigenvalue weighted by Gasteiger charge is 2.37. The Balaban J connectivity index is 1.35. The van der Waals surface area contributed by atoms with Gasteiger partial charge in [0.2, 0.25) is 0 Å². The number of nitrogens with zero attached hydrogens (tertiary/aromatic N) is 5. The van der Waals surface area contributed by atoms with E-state index < -0.39 is 0 Å². The lowest BCUT2D eigenvalue weighted by Crippen LogP contribution is -2.39. The first-order chi connectivity index (χ1) is 15.5. The summed E-state index contributed by atoms with van der Waals surface area (Å²) < 4.78 is 2.14. The predicted molar refractivity (Wildman–Crippen MR) is 121 cm³/mol. The molecule has 3 aromatic rings. The number of β-amino-alcohol motifs (C(OH)–C–C–N with tert-alkyl or cyclic N) is 1. The Morgan fingerprint density at radius 1 is 1.06 bits per heavy atom. The third-order valence-corrected chi connectivity index (χ3v) is 6.45. The number of likely N-dealkylation sites (tertiary alicyclic amines) is 1. The molecule has 3 heterocycles. The highest BCUT2D eigenvalue weighted by atomic mass is 16.3. The highest BCUT2D eigenvalue weighted by molar-refractivity contribution is 5.94. The summed E-state index contributed by atoms with van der Waals surface area (Å²) in [6.07, 6.45) is 0.277. The summed E-state index contributed by atoms with van der Waals surface area (Å²) >= 11 is 0. The maximum atomic E-state index is 13.1. The van der Waals surface area contributed by atoms with E-state index >= 15 is 0 Å². The normalized spacial score (nSPS) is 21.0. The number of hydrogen-bond donors (Lipinski definition) is 1. The van der Waals surface area contributed by atoms with Crippen LogP contribution in [0.15, 0.2) is 48.5 Å². The Morgan fingerprint density at radius 2 is 1.81 bits per heavy atom. The van der Waals surface area contributed by atoms with Crippen LogP contribution in [0.4, 0.5) is 0 Å². The number of aliphatic hydroxyl groups is 1. The number of amides is 1. The fourth-order valence-electron chi connectivity index (χ4n) is 5.02. The number of benzene rings is 2. The molecule has 0 saturated carbocycles. The molecule has 1 amide bonds. The van der Waals surface area contributed by atoms with Crippen molar-refractivity contribution in [1.29, 1.82) is 0 Å². The van der Waals surface area contributed by atoms with Crippen molar-refractivity contribution < 1.29 is 9.90 Å². The van der Waals surface area contributed by atoms with E-state index in [9.17, 15) is 9.90 Å². The second kappa shape index (κ2) is 8.48. The molecular formula is C25H29N5O2. The molecular weight excluding hydrogens is 402 g/mol. The van der Waals surface area contributed by atoms with Crippen LogP contribution >= 0.6 is 0 Å². The van der Waals surface area contributed by atoms with Crippen molar-refractivity contribution in [2.45, 2.75) is 52.0 Å². The first-order valence-electron chi connectivity index (χ1n) is 11.2. The topological polar surface area (TPSA) is 74.5 Å².